The zero-order valence-electron chi connectivity index (χ0n) is 17.2. The molecule has 5 nitrogen and oxygen atoms in total. The largest absolute Gasteiger partial charge is 0.349 e. The Balaban J connectivity index is 1.28. The topological polar surface area (TPSA) is 61.0 Å². The van der Waals surface area contributed by atoms with Crippen molar-refractivity contribution in [2.24, 2.45) is 5.92 Å². The summed E-state index contributed by atoms with van der Waals surface area (Å²) in [6, 6.07) is 18.1. The van der Waals surface area contributed by atoms with Crippen LogP contribution >= 0.6 is 0 Å². The van der Waals surface area contributed by atoms with E-state index in [1.54, 1.807) is 6.20 Å². The van der Waals surface area contributed by atoms with Gasteiger partial charge in [-0.05, 0) is 61.7 Å². The number of likely N-dealkylation sites (tertiary alicyclic amines) is 1. The van der Waals surface area contributed by atoms with E-state index >= 15 is 0 Å². The monoisotopic (exact) mass is 398 g/mol. The van der Waals surface area contributed by atoms with E-state index in [0.717, 1.165) is 40.0 Å². The van der Waals surface area contributed by atoms with Crippen LogP contribution in [0.4, 0.5) is 5.69 Å². The third-order valence-corrected chi connectivity index (χ3v) is 6.11. The molecule has 0 aliphatic carbocycles. The first-order chi connectivity index (χ1) is 14.7. The molecule has 2 aromatic carbocycles. The summed E-state index contributed by atoms with van der Waals surface area (Å²) in [5.41, 5.74) is 4.40. The second-order valence-corrected chi connectivity index (χ2v) is 8.40. The first-order valence-corrected chi connectivity index (χ1v) is 10.6. The SMILES string of the molecule is CC1CCN(Cc2ccc(NC(=O)c3cc4ccc5cccnc5c4[nH]3)cc2)CC1. The standard InChI is InChI=1S/C25H26N4O/c1-17-10-13-29(14-11-17)16-18-4-8-21(9-5-18)27-25(30)22-15-20-7-6-19-3-2-12-26-23(19)24(20)28-22/h2-9,12,15,17,28H,10-11,13-14,16H2,1H3,(H,27,30). The lowest BCUT2D eigenvalue weighted by Crippen LogP contribution is -2.32. The van der Waals surface area contributed by atoms with Crippen molar-refractivity contribution in [3.8, 4) is 0 Å². The first kappa shape index (κ1) is 18.8. The van der Waals surface area contributed by atoms with Crippen molar-refractivity contribution in [3.63, 3.8) is 0 Å². The number of rotatable bonds is 4. The van der Waals surface area contributed by atoms with Gasteiger partial charge in [0.1, 0.15) is 5.69 Å². The molecule has 1 aliphatic heterocycles. The molecule has 0 spiro atoms. The van der Waals surface area contributed by atoms with Gasteiger partial charge in [-0.25, -0.2) is 0 Å². The molecular formula is C25H26N4O. The molecule has 0 radical (unpaired) electrons. The number of H-pyrrole nitrogens is 1. The second kappa shape index (κ2) is 7.92. The summed E-state index contributed by atoms with van der Waals surface area (Å²) < 4.78 is 0. The van der Waals surface area contributed by atoms with Gasteiger partial charge in [-0.3, -0.25) is 14.7 Å². The highest BCUT2D eigenvalue weighted by atomic mass is 16.1. The highest BCUT2D eigenvalue weighted by molar-refractivity contribution is 6.10. The van der Waals surface area contributed by atoms with E-state index < -0.39 is 0 Å². The number of benzene rings is 2. The Bertz CT molecular complexity index is 1190. The number of nitrogens with zero attached hydrogens (tertiary/aromatic N) is 2. The van der Waals surface area contributed by atoms with E-state index in [9.17, 15) is 4.79 Å². The Morgan fingerprint density at radius 1 is 1.10 bits per heavy atom. The van der Waals surface area contributed by atoms with Gasteiger partial charge >= 0.3 is 0 Å². The van der Waals surface area contributed by atoms with E-state index in [1.807, 2.05) is 42.5 Å². The number of pyridine rings is 1. The van der Waals surface area contributed by atoms with E-state index in [1.165, 1.54) is 31.5 Å². The molecule has 0 saturated carbocycles. The van der Waals surface area contributed by atoms with Crippen LogP contribution in [-0.4, -0.2) is 33.9 Å². The molecule has 1 aliphatic rings. The van der Waals surface area contributed by atoms with Crippen LogP contribution in [0.5, 0.6) is 0 Å². The summed E-state index contributed by atoms with van der Waals surface area (Å²) in [4.78, 5) is 23.0. The predicted molar refractivity (Wildman–Crippen MR) is 122 cm³/mol. The van der Waals surface area contributed by atoms with E-state index in [0.29, 0.717) is 5.69 Å². The lowest BCUT2D eigenvalue weighted by atomic mass is 9.99. The third kappa shape index (κ3) is 3.81. The van der Waals surface area contributed by atoms with Gasteiger partial charge < -0.3 is 10.3 Å². The quantitative estimate of drug-likeness (QED) is 0.497. The number of hydrogen-bond donors (Lipinski definition) is 2. The summed E-state index contributed by atoms with van der Waals surface area (Å²) >= 11 is 0. The molecule has 0 atom stereocenters. The molecule has 2 aromatic heterocycles. The fourth-order valence-corrected chi connectivity index (χ4v) is 4.23. The lowest BCUT2D eigenvalue weighted by molar-refractivity contribution is 0.102. The zero-order chi connectivity index (χ0) is 20.5. The summed E-state index contributed by atoms with van der Waals surface area (Å²) in [6.45, 7) is 5.65. The van der Waals surface area contributed by atoms with E-state index in [2.05, 4.69) is 39.2 Å². The molecule has 5 rings (SSSR count). The molecule has 2 N–H and O–H groups in total. The van der Waals surface area contributed by atoms with Gasteiger partial charge in [0.25, 0.3) is 5.91 Å². The second-order valence-electron chi connectivity index (χ2n) is 8.40. The highest BCUT2D eigenvalue weighted by Crippen LogP contribution is 2.24. The van der Waals surface area contributed by atoms with Crippen LogP contribution in [0.25, 0.3) is 21.8 Å². The number of hydrogen-bond acceptors (Lipinski definition) is 3. The van der Waals surface area contributed by atoms with Gasteiger partial charge in [0.2, 0.25) is 0 Å². The van der Waals surface area contributed by atoms with Crippen molar-refractivity contribution in [2.45, 2.75) is 26.3 Å². The molecule has 3 heterocycles. The van der Waals surface area contributed by atoms with Crippen LogP contribution in [-0.2, 0) is 6.54 Å². The van der Waals surface area contributed by atoms with Gasteiger partial charge in [0.05, 0.1) is 11.0 Å². The first-order valence-electron chi connectivity index (χ1n) is 10.6. The van der Waals surface area contributed by atoms with Crippen molar-refractivity contribution < 1.29 is 4.79 Å². The molecule has 1 fully saturated rings. The predicted octanol–water partition coefficient (Wildman–Crippen LogP) is 5.20. The number of nitrogens with one attached hydrogen (secondary N) is 2. The number of carbonyl (C=O) groups excluding carboxylic acids is 1. The third-order valence-electron chi connectivity index (χ3n) is 6.11. The van der Waals surface area contributed by atoms with Crippen molar-refractivity contribution in [1.82, 2.24) is 14.9 Å². The minimum absolute atomic E-state index is 0.145. The van der Waals surface area contributed by atoms with Crippen molar-refractivity contribution >= 4 is 33.4 Å². The Morgan fingerprint density at radius 2 is 1.87 bits per heavy atom. The summed E-state index contributed by atoms with van der Waals surface area (Å²) in [6.07, 6.45) is 4.33. The molecule has 4 aromatic rings. The molecule has 1 saturated heterocycles. The zero-order valence-corrected chi connectivity index (χ0v) is 17.2. The van der Waals surface area contributed by atoms with Crippen LogP contribution < -0.4 is 5.32 Å². The van der Waals surface area contributed by atoms with Gasteiger partial charge in [-0.15, -0.1) is 0 Å². The van der Waals surface area contributed by atoms with E-state index in [4.69, 9.17) is 0 Å². The molecular weight excluding hydrogens is 372 g/mol. The fraction of sp³-hybridized carbons (Fsp3) is 0.280. The normalized spacial score (nSPS) is 15.6. The van der Waals surface area contributed by atoms with Gasteiger partial charge in [0, 0.05) is 29.2 Å². The smallest absolute Gasteiger partial charge is 0.272 e. The minimum Gasteiger partial charge on any atom is -0.349 e. The van der Waals surface area contributed by atoms with Crippen LogP contribution in [0.2, 0.25) is 0 Å². The maximum absolute atomic E-state index is 12.8. The van der Waals surface area contributed by atoms with Crippen molar-refractivity contribution in [3.05, 3.63) is 72.1 Å². The molecule has 0 unspecified atom stereocenters. The summed E-state index contributed by atoms with van der Waals surface area (Å²) in [5, 5.41) is 5.04. The number of aromatic amines is 1. The van der Waals surface area contributed by atoms with Crippen molar-refractivity contribution in [2.75, 3.05) is 18.4 Å². The maximum Gasteiger partial charge on any atom is 0.272 e. The number of aromatic nitrogens is 2. The Labute approximate surface area is 176 Å². The fourth-order valence-electron chi connectivity index (χ4n) is 4.23. The molecule has 30 heavy (non-hydrogen) atoms. The van der Waals surface area contributed by atoms with Crippen molar-refractivity contribution in [1.29, 1.82) is 0 Å². The lowest BCUT2D eigenvalue weighted by Gasteiger charge is -2.30. The van der Waals surface area contributed by atoms with Gasteiger partial charge in [-0.1, -0.05) is 37.3 Å². The van der Waals surface area contributed by atoms with E-state index in [-0.39, 0.29) is 5.91 Å². The van der Waals surface area contributed by atoms with Gasteiger partial charge in [-0.2, -0.15) is 0 Å². The summed E-state index contributed by atoms with van der Waals surface area (Å²) in [5.74, 6) is 0.699. The maximum atomic E-state index is 12.8. The molecule has 0 bridgehead atoms. The number of carbonyl (C=O) groups is 1. The summed E-state index contributed by atoms with van der Waals surface area (Å²) in [7, 11) is 0. The van der Waals surface area contributed by atoms with Crippen LogP contribution in [0, 0.1) is 5.92 Å². The highest BCUT2D eigenvalue weighted by Gasteiger charge is 2.16. The van der Waals surface area contributed by atoms with Crippen LogP contribution in [0.15, 0.2) is 60.8 Å². The molecule has 1 amide bonds. The average molecular weight is 399 g/mol. The Kier molecular flexibility index (Phi) is 4.97. The van der Waals surface area contributed by atoms with Crippen LogP contribution in [0.1, 0.15) is 35.8 Å². The minimum atomic E-state index is -0.145. The molecule has 152 valence electrons. The average Bonchev–Trinajstić information content (AvgIpc) is 3.22. The number of piperidine rings is 1. The number of amides is 1. The number of anilines is 1. The Morgan fingerprint density at radius 3 is 2.67 bits per heavy atom. The Hall–Kier alpha value is -3.18. The van der Waals surface area contributed by atoms with Gasteiger partial charge in [0.15, 0.2) is 0 Å². The van der Waals surface area contributed by atoms with Crippen LogP contribution in [0.3, 0.4) is 0 Å². The number of fused-ring (bicyclic) bond motifs is 3. The molecule has 5 heteroatoms.